The first kappa shape index (κ1) is 22.8. The third-order valence-electron chi connectivity index (χ3n) is 4.83. The van der Waals surface area contributed by atoms with Gasteiger partial charge in [-0.2, -0.15) is 0 Å². The van der Waals surface area contributed by atoms with Gasteiger partial charge in [-0.15, -0.1) is 11.3 Å². The van der Waals surface area contributed by atoms with E-state index in [0.29, 0.717) is 28.2 Å². The number of hydrogen-bond donors (Lipinski definition) is 2. The SMILES string of the molecule is CC[C@@H](Sc1nc2sc(C(=O)OC)c(C)c2c(=O)n1N)C(=O)NCc1ccc(C)cc1. The summed E-state index contributed by atoms with van der Waals surface area (Å²) in [5.41, 5.74) is 2.17. The maximum Gasteiger partial charge on any atom is 0.348 e. The highest BCUT2D eigenvalue weighted by Crippen LogP contribution is 2.30. The second kappa shape index (κ2) is 9.52. The van der Waals surface area contributed by atoms with Gasteiger partial charge in [0.25, 0.3) is 5.56 Å². The van der Waals surface area contributed by atoms with E-state index in [1.807, 2.05) is 38.1 Å². The molecule has 31 heavy (non-hydrogen) atoms. The second-order valence-electron chi connectivity index (χ2n) is 7.02. The van der Waals surface area contributed by atoms with Gasteiger partial charge in [0.1, 0.15) is 9.71 Å². The van der Waals surface area contributed by atoms with Crippen LogP contribution in [0.15, 0.2) is 34.2 Å². The quantitative estimate of drug-likeness (QED) is 0.241. The lowest BCUT2D eigenvalue weighted by Gasteiger charge is -2.15. The molecule has 2 aromatic heterocycles. The predicted octanol–water partition coefficient (Wildman–Crippen LogP) is 2.76. The van der Waals surface area contributed by atoms with Crippen molar-refractivity contribution < 1.29 is 14.3 Å². The van der Waals surface area contributed by atoms with Crippen molar-refractivity contribution in [3.8, 4) is 0 Å². The minimum absolute atomic E-state index is 0.167. The minimum atomic E-state index is -0.528. The number of nitrogen functional groups attached to an aromatic ring is 1. The van der Waals surface area contributed by atoms with Gasteiger partial charge in [0, 0.05) is 6.54 Å². The van der Waals surface area contributed by atoms with E-state index >= 15 is 0 Å². The van der Waals surface area contributed by atoms with Crippen LogP contribution < -0.4 is 16.7 Å². The number of thioether (sulfide) groups is 1. The molecule has 3 rings (SSSR count). The molecule has 8 nitrogen and oxygen atoms in total. The molecular weight excluding hydrogens is 436 g/mol. The molecule has 1 atom stereocenters. The molecular formula is C21H24N4O4S2. The van der Waals surface area contributed by atoms with Crippen molar-refractivity contribution in [3.05, 3.63) is 56.2 Å². The summed E-state index contributed by atoms with van der Waals surface area (Å²) in [4.78, 5) is 42.7. The predicted molar refractivity (Wildman–Crippen MR) is 123 cm³/mol. The van der Waals surface area contributed by atoms with E-state index in [2.05, 4.69) is 10.3 Å². The van der Waals surface area contributed by atoms with Crippen molar-refractivity contribution in [3.63, 3.8) is 0 Å². The molecule has 10 heteroatoms. The van der Waals surface area contributed by atoms with E-state index in [1.54, 1.807) is 6.92 Å². The van der Waals surface area contributed by atoms with Crippen LogP contribution in [0.2, 0.25) is 0 Å². The molecule has 3 N–H and O–H groups in total. The molecule has 3 aromatic rings. The van der Waals surface area contributed by atoms with Crippen LogP contribution in [0, 0.1) is 13.8 Å². The Morgan fingerprint density at radius 2 is 1.97 bits per heavy atom. The zero-order chi connectivity index (χ0) is 22.7. The average molecular weight is 461 g/mol. The molecule has 1 amide bonds. The Morgan fingerprint density at radius 1 is 1.29 bits per heavy atom. The van der Waals surface area contributed by atoms with Crippen LogP contribution in [-0.4, -0.2) is 33.9 Å². The number of rotatable bonds is 7. The molecule has 0 bridgehead atoms. The Balaban J connectivity index is 1.83. The topological polar surface area (TPSA) is 116 Å². The Bertz CT molecular complexity index is 1180. The Kier molecular flexibility index (Phi) is 7.01. The molecule has 1 aromatic carbocycles. The number of aromatic nitrogens is 2. The summed E-state index contributed by atoms with van der Waals surface area (Å²) < 4.78 is 5.71. The number of hydrogen-bond acceptors (Lipinski definition) is 8. The normalized spacial score (nSPS) is 12.0. The number of carbonyl (C=O) groups is 2. The standard InChI is InChI=1S/C21H24N4O4S2/c1-5-14(17(26)23-10-13-8-6-11(2)7-9-13)30-21-24-18-15(19(27)25(21)22)12(3)16(31-18)20(28)29-4/h6-9,14H,5,10,22H2,1-4H3,(H,23,26)/t14-/m1/s1. The molecule has 0 radical (unpaired) electrons. The van der Waals surface area contributed by atoms with E-state index in [-0.39, 0.29) is 16.4 Å². The number of carbonyl (C=O) groups excluding carboxylic acids is 2. The lowest BCUT2D eigenvalue weighted by Crippen LogP contribution is -2.34. The first-order chi connectivity index (χ1) is 14.8. The van der Waals surface area contributed by atoms with E-state index in [0.717, 1.165) is 38.9 Å². The third-order valence-corrected chi connectivity index (χ3v) is 7.33. The number of benzene rings is 1. The lowest BCUT2D eigenvalue weighted by molar-refractivity contribution is -0.120. The summed E-state index contributed by atoms with van der Waals surface area (Å²) in [6.45, 7) is 5.95. The van der Waals surface area contributed by atoms with Crippen LogP contribution in [0.4, 0.5) is 0 Å². The fourth-order valence-corrected chi connectivity index (χ4v) is 5.11. The molecule has 0 spiro atoms. The van der Waals surface area contributed by atoms with Gasteiger partial charge in [-0.3, -0.25) is 9.59 Å². The summed E-state index contributed by atoms with van der Waals surface area (Å²) in [6, 6.07) is 7.92. The van der Waals surface area contributed by atoms with Crippen molar-refractivity contribution in [1.82, 2.24) is 15.0 Å². The molecule has 0 aliphatic heterocycles. The highest BCUT2D eigenvalue weighted by Gasteiger charge is 2.24. The lowest BCUT2D eigenvalue weighted by atomic mass is 10.1. The van der Waals surface area contributed by atoms with E-state index in [4.69, 9.17) is 10.6 Å². The van der Waals surface area contributed by atoms with Crippen LogP contribution in [-0.2, 0) is 16.1 Å². The van der Waals surface area contributed by atoms with E-state index < -0.39 is 16.8 Å². The number of thiophene rings is 1. The first-order valence-corrected chi connectivity index (χ1v) is 11.4. The molecule has 0 saturated heterocycles. The number of nitrogens with zero attached hydrogens (tertiary/aromatic N) is 2. The van der Waals surface area contributed by atoms with Crippen molar-refractivity contribution in [2.24, 2.45) is 0 Å². The maximum absolute atomic E-state index is 12.8. The van der Waals surface area contributed by atoms with Gasteiger partial charge in [-0.25, -0.2) is 14.5 Å². The van der Waals surface area contributed by atoms with Crippen LogP contribution in [0.5, 0.6) is 0 Å². The van der Waals surface area contributed by atoms with Crippen LogP contribution in [0.25, 0.3) is 10.2 Å². The molecule has 0 fully saturated rings. The smallest absolute Gasteiger partial charge is 0.348 e. The van der Waals surface area contributed by atoms with Crippen LogP contribution in [0.3, 0.4) is 0 Å². The molecule has 164 valence electrons. The highest BCUT2D eigenvalue weighted by atomic mass is 32.2. The summed E-state index contributed by atoms with van der Waals surface area (Å²) in [5, 5.41) is 2.94. The zero-order valence-electron chi connectivity index (χ0n) is 17.7. The number of nitrogens with two attached hydrogens (primary N) is 1. The number of methoxy groups -OCH3 is 1. The minimum Gasteiger partial charge on any atom is -0.465 e. The molecule has 0 unspecified atom stereocenters. The van der Waals surface area contributed by atoms with Crippen molar-refractivity contribution in [2.75, 3.05) is 13.0 Å². The number of fused-ring (bicyclic) bond motifs is 1. The van der Waals surface area contributed by atoms with Crippen LogP contribution in [0.1, 0.15) is 39.7 Å². The molecule has 2 heterocycles. The van der Waals surface area contributed by atoms with Crippen LogP contribution >= 0.6 is 23.1 Å². The van der Waals surface area contributed by atoms with Crippen molar-refractivity contribution in [2.45, 2.75) is 44.1 Å². The van der Waals surface area contributed by atoms with Gasteiger partial charge in [0.2, 0.25) is 5.91 Å². The molecule has 0 aliphatic rings. The van der Waals surface area contributed by atoms with Crippen molar-refractivity contribution in [1.29, 1.82) is 0 Å². The number of esters is 1. The summed E-state index contributed by atoms with van der Waals surface area (Å²) in [5.74, 6) is 5.30. The van der Waals surface area contributed by atoms with E-state index in [1.165, 1.54) is 7.11 Å². The molecule has 0 aliphatic carbocycles. The number of amides is 1. The number of aryl methyl sites for hydroxylation is 2. The zero-order valence-corrected chi connectivity index (χ0v) is 19.4. The summed E-state index contributed by atoms with van der Waals surface area (Å²) in [6.07, 6.45) is 0.523. The van der Waals surface area contributed by atoms with E-state index in [9.17, 15) is 14.4 Å². The summed E-state index contributed by atoms with van der Waals surface area (Å²) >= 11 is 2.20. The summed E-state index contributed by atoms with van der Waals surface area (Å²) in [7, 11) is 1.28. The largest absolute Gasteiger partial charge is 0.465 e. The number of nitrogens with one attached hydrogen (secondary N) is 1. The van der Waals surface area contributed by atoms with Gasteiger partial charge >= 0.3 is 5.97 Å². The van der Waals surface area contributed by atoms with Gasteiger partial charge in [0.05, 0.1) is 17.7 Å². The highest BCUT2D eigenvalue weighted by molar-refractivity contribution is 8.00. The molecule has 0 saturated carbocycles. The average Bonchev–Trinajstić information content (AvgIpc) is 3.10. The van der Waals surface area contributed by atoms with Gasteiger partial charge in [0.15, 0.2) is 5.16 Å². The van der Waals surface area contributed by atoms with Gasteiger partial charge in [-0.1, -0.05) is 48.5 Å². The van der Waals surface area contributed by atoms with Gasteiger partial charge in [-0.05, 0) is 31.4 Å². The Labute approximate surface area is 187 Å². The Hall–Kier alpha value is -2.85. The Morgan fingerprint density at radius 3 is 2.58 bits per heavy atom. The fourth-order valence-electron chi connectivity index (χ4n) is 3.01. The van der Waals surface area contributed by atoms with Crippen molar-refractivity contribution >= 4 is 45.2 Å². The van der Waals surface area contributed by atoms with Gasteiger partial charge < -0.3 is 15.9 Å². The fraction of sp³-hybridized carbons (Fsp3) is 0.333. The first-order valence-electron chi connectivity index (χ1n) is 9.66. The number of ether oxygens (including phenoxy) is 1. The second-order valence-corrected chi connectivity index (χ2v) is 9.18. The third kappa shape index (κ3) is 4.75. The monoisotopic (exact) mass is 460 g/mol. The maximum atomic E-state index is 12.8.